The Morgan fingerprint density at radius 2 is 2.25 bits per heavy atom. The van der Waals surface area contributed by atoms with E-state index in [1.165, 1.54) is 31.4 Å². The molecule has 90 valence electrons. The summed E-state index contributed by atoms with van der Waals surface area (Å²) in [6.45, 7) is 1.56. The second-order valence-electron chi connectivity index (χ2n) is 4.76. The number of carbonyl (C=O) groups is 1. The maximum atomic E-state index is 10.6. The van der Waals surface area contributed by atoms with E-state index in [9.17, 15) is 4.79 Å². The first-order chi connectivity index (χ1) is 7.70. The van der Waals surface area contributed by atoms with Crippen LogP contribution < -0.4 is 11.1 Å². The van der Waals surface area contributed by atoms with Gasteiger partial charge in [0.05, 0.1) is 0 Å². The Hall–Kier alpha value is -0.710. The number of hydrogen-bond donors (Lipinski definition) is 2. The zero-order valence-corrected chi connectivity index (χ0v) is 10.3. The highest BCUT2D eigenvalue weighted by atomic mass is 32.2. The molecular formula is C11H19N3OS. The van der Waals surface area contributed by atoms with Crippen LogP contribution in [0.5, 0.6) is 0 Å². The Bertz CT molecular complexity index is 298. The lowest BCUT2D eigenvalue weighted by molar-refractivity contribution is -0.117. The number of rotatable bonds is 3. The molecule has 0 aromatic rings. The minimum Gasteiger partial charge on any atom is -0.370 e. The van der Waals surface area contributed by atoms with Crippen LogP contribution in [-0.4, -0.2) is 29.9 Å². The summed E-state index contributed by atoms with van der Waals surface area (Å²) < 4.78 is 0. The molecule has 1 fully saturated rings. The van der Waals surface area contributed by atoms with Crippen molar-refractivity contribution in [2.24, 2.45) is 16.1 Å². The van der Waals surface area contributed by atoms with E-state index in [2.05, 4.69) is 10.3 Å². The summed E-state index contributed by atoms with van der Waals surface area (Å²) in [7, 11) is 0. The first-order valence-electron chi connectivity index (χ1n) is 5.90. The van der Waals surface area contributed by atoms with E-state index in [-0.39, 0.29) is 5.91 Å². The number of amides is 1. The Morgan fingerprint density at radius 1 is 1.50 bits per heavy atom. The molecule has 1 aliphatic carbocycles. The standard InChI is InChI=1S/C11H19N3OS/c12-9(15)3-6-13-10-14-7-11(8-16-10)4-1-2-5-11/h1-8H2,(H2,12,15)(H,13,14). The van der Waals surface area contributed by atoms with Gasteiger partial charge in [-0.2, -0.15) is 0 Å². The lowest BCUT2D eigenvalue weighted by atomic mass is 9.89. The Kier molecular flexibility index (Phi) is 3.74. The summed E-state index contributed by atoms with van der Waals surface area (Å²) in [5, 5.41) is 4.16. The minimum absolute atomic E-state index is 0.263. The van der Waals surface area contributed by atoms with Gasteiger partial charge < -0.3 is 11.1 Å². The van der Waals surface area contributed by atoms with Crippen molar-refractivity contribution in [1.29, 1.82) is 0 Å². The number of aliphatic imine (C=N–C) groups is 1. The fourth-order valence-corrected chi connectivity index (χ4v) is 3.56. The first-order valence-corrected chi connectivity index (χ1v) is 6.88. The van der Waals surface area contributed by atoms with Crippen molar-refractivity contribution < 1.29 is 4.79 Å². The van der Waals surface area contributed by atoms with Crippen molar-refractivity contribution in [3.05, 3.63) is 0 Å². The second kappa shape index (κ2) is 5.08. The molecule has 2 rings (SSSR count). The zero-order valence-electron chi connectivity index (χ0n) is 9.50. The predicted octanol–water partition coefficient (Wildman–Crippen LogP) is 1.11. The molecule has 4 nitrogen and oxygen atoms in total. The summed E-state index contributed by atoms with van der Waals surface area (Å²) >= 11 is 1.80. The van der Waals surface area contributed by atoms with Crippen LogP contribution in [-0.2, 0) is 4.79 Å². The molecule has 5 heteroatoms. The summed E-state index contributed by atoms with van der Waals surface area (Å²) in [6.07, 6.45) is 5.77. The Morgan fingerprint density at radius 3 is 2.81 bits per heavy atom. The summed E-state index contributed by atoms with van der Waals surface area (Å²) in [4.78, 5) is 15.2. The van der Waals surface area contributed by atoms with Gasteiger partial charge in [-0.15, -0.1) is 0 Å². The highest BCUT2D eigenvalue weighted by Gasteiger charge is 2.36. The van der Waals surface area contributed by atoms with E-state index in [4.69, 9.17) is 5.73 Å². The highest BCUT2D eigenvalue weighted by Crippen LogP contribution is 2.43. The molecule has 0 unspecified atom stereocenters. The molecule has 1 saturated carbocycles. The van der Waals surface area contributed by atoms with E-state index >= 15 is 0 Å². The SMILES string of the molecule is NC(=O)CCNC1=NCC2(CCCC2)CS1. The van der Waals surface area contributed by atoms with E-state index in [0.29, 0.717) is 18.4 Å². The van der Waals surface area contributed by atoms with Crippen LogP contribution in [0, 0.1) is 5.41 Å². The van der Waals surface area contributed by atoms with Crippen LogP contribution in [0.4, 0.5) is 0 Å². The van der Waals surface area contributed by atoms with E-state index < -0.39 is 0 Å². The van der Waals surface area contributed by atoms with E-state index in [1.807, 2.05) is 0 Å². The van der Waals surface area contributed by atoms with Crippen LogP contribution >= 0.6 is 11.8 Å². The second-order valence-corrected chi connectivity index (χ2v) is 5.72. The maximum Gasteiger partial charge on any atom is 0.219 e. The third-order valence-corrected chi connectivity index (χ3v) is 4.69. The van der Waals surface area contributed by atoms with Crippen LogP contribution in [0.15, 0.2) is 4.99 Å². The zero-order chi connectivity index (χ0) is 11.4. The lowest BCUT2D eigenvalue weighted by Gasteiger charge is -2.31. The fourth-order valence-electron chi connectivity index (χ4n) is 2.38. The van der Waals surface area contributed by atoms with Gasteiger partial charge in [0.1, 0.15) is 0 Å². The average molecular weight is 241 g/mol. The molecule has 1 spiro atoms. The number of amidine groups is 1. The van der Waals surface area contributed by atoms with Gasteiger partial charge in [0, 0.05) is 25.3 Å². The number of nitrogens with zero attached hydrogens (tertiary/aromatic N) is 1. The quantitative estimate of drug-likeness (QED) is 0.778. The van der Waals surface area contributed by atoms with Crippen molar-refractivity contribution in [3.63, 3.8) is 0 Å². The molecule has 0 bridgehead atoms. The smallest absolute Gasteiger partial charge is 0.219 e. The van der Waals surface area contributed by atoms with Crippen LogP contribution in [0.1, 0.15) is 32.1 Å². The molecule has 2 aliphatic rings. The normalized spacial score (nSPS) is 23.1. The summed E-state index contributed by atoms with van der Waals surface area (Å²) in [5.41, 5.74) is 5.56. The molecule has 0 saturated heterocycles. The highest BCUT2D eigenvalue weighted by molar-refractivity contribution is 8.13. The molecule has 0 atom stereocenters. The summed E-state index contributed by atoms with van der Waals surface area (Å²) in [5.74, 6) is 0.913. The van der Waals surface area contributed by atoms with E-state index in [0.717, 1.165) is 11.7 Å². The van der Waals surface area contributed by atoms with Gasteiger partial charge in [-0.25, -0.2) is 0 Å². The molecule has 16 heavy (non-hydrogen) atoms. The maximum absolute atomic E-state index is 10.6. The van der Waals surface area contributed by atoms with Crippen LogP contribution in [0.2, 0.25) is 0 Å². The molecular weight excluding hydrogens is 222 g/mol. The molecule has 1 heterocycles. The van der Waals surface area contributed by atoms with Crippen molar-refractivity contribution in [2.75, 3.05) is 18.8 Å². The van der Waals surface area contributed by atoms with Crippen LogP contribution in [0.3, 0.4) is 0 Å². The first kappa shape index (κ1) is 11.8. The molecule has 0 radical (unpaired) electrons. The van der Waals surface area contributed by atoms with Gasteiger partial charge in [0.2, 0.25) is 5.91 Å². The third kappa shape index (κ3) is 2.90. The molecule has 1 aliphatic heterocycles. The van der Waals surface area contributed by atoms with Crippen molar-refractivity contribution >= 4 is 22.8 Å². The average Bonchev–Trinajstić information content (AvgIpc) is 2.70. The monoisotopic (exact) mass is 241 g/mol. The molecule has 0 aromatic heterocycles. The summed E-state index contributed by atoms with van der Waals surface area (Å²) in [6, 6.07) is 0. The topological polar surface area (TPSA) is 67.5 Å². The molecule has 3 N–H and O–H groups in total. The van der Waals surface area contributed by atoms with Gasteiger partial charge in [-0.3, -0.25) is 9.79 Å². The predicted molar refractivity (Wildman–Crippen MR) is 67.5 cm³/mol. The van der Waals surface area contributed by atoms with Crippen molar-refractivity contribution in [1.82, 2.24) is 5.32 Å². The third-order valence-electron chi connectivity index (χ3n) is 3.38. The van der Waals surface area contributed by atoms with Gasteiger partial charge in [-0.05, 0) is 18.3 Å². The number of primary amides is 1. The Labute approximate surface area is 100 Å². The number of nitrogens with one attached hydrogen (secondary N) is 1. The largest absolute Gasteiger partial charge is 0.370 e. The lowest BCUT2D eigenvalue weighted by Crippen LogP contribution is -2.34. The van der Waals surface area contributed by atoms with Crippen LogP contribution in [0.25, 0.3) is 0 Å². The van der Waals surface area contributed by atoms with Crippen molar-refractivity contribution in [3.8, 4) is 0 Å². The van der Waals surface area contributed by atoms with Gasteiger partial charge >= 0.3 is 0 Å². The van der Waals surface area contributed by atoms with Gasteiger partial charge in [0.15, 0.2) is 5.17 Å². The Balaban J connectivity index is 1.77. The number of hydrogen-bond acceptors (Lipinski definition) is 4. The van der Waals surface area contributed by atoms with Gasteiger partial charge in [-0.1, -0.05) is 24.6 Å². The number of carbonyl (C=O) groups excluding carboxylic acids is 1. The minimum atomic E-state index is -0.263. The molecule has 1 amide bonds. The van der Waals surface area contributed by atoms with E-state index in [1.54, 1.807) is 11.8 Å². The fraction of sp³-hybridized carbons (Fsp3) is 0.818. The molecule has 0 aromatic carbocycles. The number of nitrogens with two attached hydrogens (primary N) is 1. The van der Waals surface area contributed by atoms with Crippen molar-refractivity contribution in [2.45, 2.75) is 32.1 Å². The van der Waals surface area contributed by atoms with Gasteiger partial charge in [0.25, 0.3) is 0 Å². The number of thioether (sulfide) groups is 1.